The van der Waals surface area contributed by atoms with E-state index in [0.717, 1.165) is 29.7 Å². The van der Waals surface area contributed by atoms with E-state index in [0.29, 0.717) is 19.7 Å². The molecule has 3 amide bonds. The van der Waals surface area contributed by atoms with Crippen molar-refractivity contribution in [2.45, 2.75) is 39.7 Å². The van der Waals surface area contributed by atoms with Crippen molar-refractivity contribution in [3.05, 3.63) is 29.3 Å². The van der Waals surface area contributed by atoms with E-state index in [4.69, 9.17) is 4.74 Å². The van der Waals surface area contributed by atoms with Gasteiger partial charge in [-0.15, -0.1) is 0 Å². The zero-order valence-corrected chi connectivity index (χ0v) is 15.6. The van der Waals surface area contributed by atoms with E-state index in [2.05, 4.69) is 10.6 Å². The fourth-order valence-electron chi connectivity index (χ4n) is 3.21. The van der Waals surface area contributed by atoms with Gasteiger partial charge in [-0.1, -0.05) is 18.2 Å². The summed E-state index contributed by atoms with van der Waals surface area (Å²) in [4.78, 5) is 26.8. The SMILES string of the molecule is COCCNC(=O)[C@H]1CC[C@H](C)N(C(=O)Nc2c(C)cccc2C)C1. The number of piperidine rings is 1. The van der Waals surface area contributed by atoms with Gasteiger partial charge < -0.3 is 20.3 Å². The van der Waals surface area contributed by atoms with Crippen LogP contribution in [-0.2, 0) is 9.53 Å². The summed E-state index contributed by atoms with van der Waals surface area (Å²) in [5.74, 6) is -0.175. The molecule has 0 bridgehead atoms. The first-order chi connectivity index (χ1) is 11.9. The van der Waals surface area contributed by atoms with E-state index in [1.54, 1.807) is 12.0 Å². The maximum absolute atomic E-state index is 12.8. The maximum Gasteiger partial charge on any atom is 0.322 e. The number of nitrogens with zero attached hydrogens (tertiary/aromatic N) is 1. The van der Waals surface area contributed by atoms with Gasteiger partial charge in [0.25, 0.3) is 0 Å². The Bertz CT molecular complexity index is 598. The minimum absolute atomic E-state index is 0.00572. The van der Waals surface area contributed by atoms with Crippen molar-refractivity contribution < 1.29 is 14.3 Å². The minimum atomic E-state index is -0.170. The van der Waals surface area contributed by atoms with Crippen molar-refractivity contribution in [2.24, 2.45) is 5.92 Å². The first-order valence-corrected chi connectivity index (χ1v) is 8.84. The summed E-state index contributed by atoms with van der Waals surface area (Å²) in [7, 11) is 1.61. The van der Waals surface area contributed by atoms with E-state index in [9.17, 15) is 9.59 Å². The lowest BCUT2D eigenvalue weighted by Crippen LogP contribution is -2.51. The van der Waals surface area contributed by atoms with E-state index < -0.39 is 0 Å². The molecule has 1 heterocycles. The normalized spacial score (nSPS) is 20.2. The third-order valence-electron chi connectivity index (χ3n) is 4.83. The molecule has 2 atom stereocenters. The number of amides is 3. The zero-order chi connectivity index (χ0) is 18.4. The molecule has 0 radical (unpaired) electrons. The van der Waals surface area contributed by atoms with Crippen LogP contribution in [0.5, 0.6) is 0 Å². The predicted octanol–water partition coefficient (Wildman–Crippen LogP) is 2.70. The van der Waals surface area contributed by atoms with E-state index in [-0.39, 0.29) is 23.9 Å². The molecule has 1 aliphatic rings. The highest BCUT2D eigenvalue weighted by Crippen LogP contribution is 2.25. The molecule has 0 aromatic heterocycles. The summed E-state index contributed by atoms with van der Waals surface area (Å²) in [6.07, 6.45) is 1.62. The van der Waals surface area contributed by atoms with Gasteiger partial charge >= 0.3 is 6.03 Å². The van der Waals surface area contributed by atoms with E-state index >= 15 is 0 Å². The number of rotatable bonds is 5. The molecular weight excluding hydrogens is 318 g/mol. The van der Waals surface area contributed by atoms with Crippen molar-refractivity contribution in [3.8, 4) is 0 Å². The number of aryl methyl sites for hydroxylation is 2. The van der Waals surface area contributed by atoms with Crippen LogP contribution in [-0.4, -0.2) is 49.7 Å². The Balaban J connectivity index is 2.01. The number of nitrogens with one attached hydrogen (secondary N) is 2. The Morgan fingerprint density at radius 2 is 1.92 bits per heavy atom. The molecular formula is C19H29N3O3. The summed E-state index contributed by atoms with van der Waals surface area (Å²) in [5.41, 5.74) is 2.92. The van der Waals surface area contributed by atoms with Gasteiger partial charge in [-0.3, -0.25) is 4.79 Å². The standard InChI is InChI=1S/C19H29N3O3/c1-13-6-5-7-14(2)17(13)21-19(24)22-12-16(9-8-15(22)3)18(23)20-10-11-25-4/h5-7,15-16H,8-12H2,1-4H3,(H,20,23)(H,21,24)/t15-,16-/m0/s1. The number of hydrogen-bond donors (Lipinski definition) is 2. The Kier molecular flexibility index (Phi) is 6.82. The second-order valence-corrected chi connectivity index (χ2v) is 6.76. The Hall–Kier alpha value is -2.08. The molecule has 1 fully saturated rings. The summed E-state index contributed by atoms with van der Waals surface area (Å²) in [6.45, 7) is 7.42. The number of methoxy groups -OCH3 is 1. The van der Waals surface area contributed by atoms with Crippen LogP contribution in [0, 0.1) is 19.8 Å². The Morgan fingerprint density at radius 1 is 1.24 bits per heavy atom. The number of para-hydroxylation sites is 1. The lowest BCUT2D eigenvalue weighted by Gasteiger charge is -2.37. The van der Waals surface area contributed by atoms with Gasteiger partial charge in [0.2, 0.25) is 5.91 Å². The largest absolute Gasteiger partial charge is 0.383 e. The maximum atomic E-state index is 12.8. The number of likely N-dealkylation sites (tertiary alicyclic amines) is 1. The molecule has 2 N–H and O–H groups in total. The van der Waals surface area contributed by atoms with E-state index in [1.165, 1.54) is 0 Å². The van der Waals surface area contributed by atoms with Gasteiger partial charge in [0.1, 0.15) is 0 Å². The molecule has 0 saturated carbocycles. The van der Waals surface area contributed by atoms with Gasteiger partial charge in [0, 0.05) is 31.9 Å². The number of hydrogen-bond acceptors (Lipinski definition) is 3. The molecule has 6 heteroatoms. The molecule has 6 nitrogen and oxygen atoms in total. The van der Waals surface area contributed by atoms with Crippen LogP contribution in [0.15, 0.2) is 18.2 Å². The molecule has 1 saturated heterocycles. The number of ether oxygens (including phenoxy) is 1. The average molecular weight is 347 g/mol. The van der Waals surface area contributed by atoms with Crippen molar-refractivity contribution >= 4 is 17.6 Å². The minimum Gasteiger partial charge on any atom is -0.383 e. The second-order valence-electron chi connectivity index (χ2n) is 6.76. The van der Waals surface area contributed by atoms with Crippen LogP contribution in [0.25, 0.3) is 0 Å². The molecule has 0 unspecified atom stereocenters. The molecule has 2 rings (SSSR count). The van der Waals surface area contributed by atoms with Gasteiger partial charge in [0.15, 0.2) is 0 Å². The van der Waals surface area contributed by atoms with Crippen LogP contribution in [0.2, 0.25) is 0 Å². The number of carbonyl (C=O) groups is 2. The highest BCUT2D eigenvalue weighted by atomic mass is 16.5. The average Bonchev–Trinajstić information content (AvgIpc) is 2.58. The summed E-state index contributed by atoms with van der Waals surface area (Å²) in [6, 6.07) is 5.92. The summed E-state index contributed by atoms with van der Waals surface area (Å²) >= 11 is 0. The number of anilines is 1. The van der Waals surface area contributed by atoms with Gasteiger partial charge in [0.05, 0.1) is 12.5 Å². The third-order valence-corrected chi connectivity index (χ3v) is 4.83. The Labute approximate surface area is 149 Å². The van der Waals surface area contributed by atoms with Crippen LogP contribution in [0.1, 0.15) is 30.9 Å². The molecule has 1 aromatic carbocycles. The topological polar surface area (TPSA) is 70.7 Å². The summed E-state index contributed by atoms with van der Waals surface area (Å²) < 4.78 is 4.96. The third kappa shape index (κ3) is 4.95. The molecule has 0 spiro atoms. The zero-order valence-electron chi connectivity index (χ0n) is 15.6. The summed E-state index contributed by atoms with van der Waals surface area (Å²) in [5, 5.41) is 5.90. The lowest BCUT2D eigenvalue weighted by molar-refractivity contribution is -0.126. The smallest absolute Gasteiger partial charge is 0.322 e. The first-order valence-electron chi connectivity index (χ1n) is 8.84. The molecule has 1 aliphatic heterocycles. The number of urea groups is 1. The van der Waals surface area contributed by atoms with Gasteiger partial charge in [-0.05, 0) is 44.7 Å². The predicted molar refractivity (Wildman–Crippen MR) is 98.7 cm³/mol. The van der Waals surface area contributed by atoms with Crippen LogP contribution >= 0.6 is 0 Å². The van der Waals surface area contributed by atoms with E-state index in [1.807, 2.05) is 39.0 Å². The quantitative estimate of drug-likeness (QED) is 0.805. The van der Waals surface area contributed by atoms with Gasteiger partial charge in [-0.2, -0.15) is 0 Å². The first kappa shape index (κ1) is 19.2. The second kappa shape index (κ2) is 8.85. The van der Waals surface area contributed by atoms with Crippen LogP contribution in [0.3, 0.4) is 0 Å². The fourth-order valence-corrected chi connectivity index (χ4v) is 3.21. The Morgan fingerprint density at radius 3 is 2.56 bits per heavy atom. The van der Waals surface area contributed by atoms with Crippen LogP contribution < -0.4 is 10.6 Å². The number of benzene rings is 1. The van der Waals surface area contributed by atoms with Crippen molar-refractivity contribution in [3.63, 3.8) is 0 Å². The molecule has 1 aromatic rings. The van der Waals surface area contributed by atoms with Crippen molar-refractivity contribution in [1.29, 1.82) is 0 Å². The van der Waals surface area contributed by atoms with Crippen molar-refractivity contribution in [1.82, 2.24) is 10.2 Å². The fraction of sp³-hybridized carbons (Fsp3) is 0.579. The monoisotopic (exact) mass is 347 g/mol. The highest BCUT2D eigenvalue weighted by Gasteiger charge is 2.32. The van der Waals surface area contributed by atoms with Gasteiger partial charge in [-0.25, -0.2) is 4.79 Å². The number of carbonyl (C=O) groups excluding carboxylic acids is 2. The highest BCUT2D eigenvalue weighted by molar-refractivity contribution is 5.92. The van der Waals surface area contributed by atoms with Crippen LogP contribution in [0.4, 0.5) is 10.5 Å². The molecule has 138 valence electrons. The van der Waals surface area contributed by atoms with Crippen molar-refractivity contribution in [2.75, 3.05) is 32.1 Å². The molecule has 0 aliphatic carbocycles. The molecule has 25 heavy (non-hydrogen) atoms. The lowest BCUT2D eigenvalue weighted by atomic mass is 9.93.